The van der Waals surface area contributed by atoms with Crippen molar-refractivity contribution in [2.45, 2.75) is 19.3 Å². The second kappa shape index (κ2) is 6.33. The van der Waals surface area contributed by atoms with Crippen molar-refractivity contribution in [3.8, 4) is 0 Å². The van der Waals surface area contributed by atoms with E-state index in [-0.39, 0.29) is 12.5 Å². The third kappa shape index (κ3) is 3.32. The van der Waals surface area contributed by atoms with Crippen LogP contribution in [0, 0.1) is 0 Å². The van der Waals surface area contributed by atoms with Crippen molar-refractivity contribution in [3.05, 3.63) is 36.3 Å². The number of nitrogens with zero attached hydrogens (tertiary/aromatic N) is 3. The number of aromatic nitrogens is 2. The van der Waals surface area contributed by atoms with Crippen LogP contribution in [0.5, 0.6) is 0 Å². The highest BCUT2D eigenvalue weighted by atomic mass is 16.2. The van der Waals surface area contributed by atoms with Gasteiger partial charge in [0.2, 0.25) is 0 Å². The van der Waals surface area contributed by atoms with Gasteiger partial charge >= 0.3 is 0 Å². The molecule has 0 unspecified atom stereocenters. The highest BCUT2D eigenvalue weighted by Gasteiger charge is 2.14. The fraction of sp³-hybridized carbons (Fsp3) is 0.429. The molecule has 102 valence electrons. The average Bonchev–Trinajstić information content (AvgIpc) is 2.86. The summed E-state index contributed by atoms with van der Waals surface area (Å²) in [6, 6.07) is 5.68. The molecule has 0 saturated heterocycles. The van der Waals surface area contributed by atoms with E-state index in [0.29, 0.717) is 12.2 Å². The number of fused-ring (bicyclic) bond motifs is 1. The number of aliphatic hydroxyl groups excluding tert-OH is 1. The van der Waals surface area contributed by atoms with E-state index < -0.39 is 0 Å². The molecule has 2 rings (SSSR count). The van der Waals surface area contributed by atoms with Gasteiger partial charge in [0.25, 0.3) is 5.91 Å². The minimum Gasteiger partial charge on any atom is -0.396 e. The maximum Gasteiger partial charge on any atom is 0.273 e. The van der Waals surface area contributed by atoms with E-state index in [1.165, 1.54) is 0 Å². The fourth-order valence-electron chi connectivity index (χ4n) is 1.97. The number of amides is 1. The molecular formula is C14H19N3O2. The maximum absolute atomic E-state index is 12.2. The first-order valence-corrected chi connectivity index (χ1v) is 6.52. The monoisotopic (exact) mass is 261 g/mol. The summed E-state index contributed by atoms with van der Waals surface area (Å²) in [5.74, 6) is -0.0623. The Hall–Kier alpha value is -1.88. The molecule has 2 heterocycles. The lowest BCUT2D eigenvalue weighted by Crippen LogP contribution is -2.28. The molecule has 0 aliphatic carbocycles. The Morgan fingerprint density at radius 1 is 1.37 bits per heavy atom. The molecular weight excluding hydrogens is 242 g/mol. The van der Waals surface area contributed by atoms with E-state index in [4.69, 9.17) is 5.11 Å². The van der Waals surface area contributed by atoms with Crippen molar-refractivity contribution in [3.63, 3.8) is 0 Å². The smallest absolute Gasteiger partial charge is 0.273 e. The number of rotatable bonds is 6. The molecule has 2 aromatic heterocycles. The zero-order chi connectivity index (χ0) is 13.7. The van der Waals surface area contributed by atoms with Gasteiger partial charge in [0, 0.05) is 32.6 Å². The zero-order valence-electron chi connectivity index (χ0n) is 11.1. The molecule has 5 heteroatoms. The van der Waals surface area contributed by atoms with Gasteiger partial charge in [0.15, 0.2) is 0 Å². The van der Waals surface area contributed by atoms with E-state index in [2.05, 4.69) is 4.98 Å². The van der Waals surface area contributed by atoms with E-state index in [0.717, 1.165) is 24.9 Å². The summed E-state index contributed by atoms with van der Waals surface area (Å²) in [5, 5.41) is 8.71. The van der Waals surface area contributed by atoms with Crippen LogP contribution in [-0.4, -0.2) is 45.5 Å². The molecule has 0 aromatic carbocycles. The Morgan fingerprint density at radius 2 is 2.21 bits per heavy atom. The van der Waals surface area contributed by atoms with Crippen molar-refractivity contribution in [1.29, 1.82) is 0 Å². The molecule has 5 nitrogen and oxygen atoms in total. The highest BCUT2D eigenvalue weighted by molar-refractivity contribution is 5.92. The second-order valence-electron chi connectivity index (χ2n) is 4.60. The standard InChI is InChI=1S/C14H19N3O2/c1-16(8-4-2-6-10-18)14(19)12-11-17-9-5-3-7-13(17)15-12/h3,5,7,9,11,18H,2,4,6,8,10H2,1H3. The predicted molar refractivity (Wildman–Crippen MR) is 73.1 cm³/mol. The third-order valence-electron chi connectivity index (χ3n) is 3.08. The SMILES string of the molecule is CN(CCCCCO)C(=O)c1cn2ccccc2n1. The topological polar surface area (TPSA) is 57.8 Å². The van der Waals surface area contributed by atoms with Crippen molar-refractivity contribution >= 4 is 11.6 Å². The Kier molecular flexibility index (Phi) is 4.52. The number of hydrogen-bond donors (Lipinski definition) is 1. The number of imidazole rings is 1. The van der Waals surface area contributed by atoms with Crippen LogP contribution < -0.4 is 0 Å². The number of pyridine rings is 1. The minimum absolute atomic E-state index is 0.0623. The molecule has 0 aliphatic rings. The van der Waals surface area contributed by atoms with Crippen LogP contribution in [0.4, 0.5) is 0 Å². The molecule has 0 bridgehead atoms. The van der Waals surface area contributed by atoms with Gasteiger partial charge in [-0.05, 0) is 31.4 Å². The third-order valence-corrected chi connectivity index (χ3v) is 3.08. The quantitative estimate of drug-likeness (QED) is 0.803. The first-order valence-electron chi connectivity index (χ1n) is 6.52. The first kappa shape index (κ1) is 13.5. The second-order valence-corrected chi connectivity index (χ2v) is 4.60. The molecule has 1 amide bonds. The molecule has 19 heavy (non-hydrogen) atoms. The van der Waals surface area contributed by atoms with Gasteiger partial charge in [-0.3, -0.25) is 4.79 Å². The van der Waals surface area contributed by atoms with Crippen LogP contribution in [0.15, 0.2) is 30.6 Å². The van der Waals surface area contributed by atoms with Gasteiger partial charge in [-0.2, -0.15) is 0 Å². The van der Waals surface area contributed by atoms with Crippen LogP contribution >= 0.6 is 0 Å². The Bertz CT molecular complexity index is 517. The highest BCUT2D eigenvalue weighted by Crippen LogP contribution is 2.07. The number of carbonyl (C=O) groups excluding carboxylic acids is 1. The summed E-state index contributed by atoms with van der Waals surface area (Å²) in [4.78, 5) is 18.2. The molecule has 1 N–H and O–H groups in total. The van der Waals surface area contributed by atoms with Gasteiger partial charge in [0.1, 0.15) is 11.3 Å². The molecule has 0 radical (unpaired) electrons. The normalized spacial score (nSPS) is 10.8. The molecule has 0 spiro atoms. The first-order chi connectivity index (χ1) is 9.22. The van der Waals surface area contributed by atoms with Gasteiger partial charge in [-0.1, -0.05) is 6.07 Å². The van der Waals surface area contributed by atoms with Crippen molar-refractivity contribution < 1.29 is 9.90 Å². The van der Waals surface area contributed by atoms with Crippen molar-refractivity contribution in [2.24, 2.45) is 0 Å². The van der Waals surface area contributed by atoms with Crippen LogP contribution in [0.2, 0.25) is 0 Å². The van der Waals surface area contributed by atoms with E-state index >= 15 is 0 Å². The number of aliphatic hydroxyl groups is 1. The molecule has 0 atom stereocenters. The molecule has 0 saturated carbocycles. The van der Waals surface area contributed by atoms with E-state index in [1.807, 2.05) is 28.8 Å². The van der Waals surface area contributed by atoms with E-state index in [9.17, 15) is 4.79 Å². The van der Waals surface area contributed by atoms with Crippen molar-refractivity contribution in [2.75, 3.05) is 20.2 Å². The Balaban J connectivity index is 1.98. The van der Waals surface area contributed by atoms with Gasteiger partial charge in [-0.25, -0.2) is 4.98 Å². The van der Waals surface area contributed by atoms with Crippen LogP contribution in [0.1, 0.15) is 29.8 Å². The van der Waals surface area contributed by atoms with Crippen LogP contribution in [0.25, 0.3) is 5.65 Å². The van der Waals surface area contributed by atoms with Crippen LogP contribution in [-0.2, 0) is 0 Å². The summed E-state index contributed by atoms with van der Waals surface area (Å²) < 4.78 is 1.84. The molecule has 2 aromatic rings. The van der Waals surface area contributed by atoms with Crippen molar-refractivity contribution in [1.82, 2.24) is 14.3 Å². The number of carbonyl (C=O) groups is 1. The lowest BCUT2D eigenvalue weighted by molar-refractivity contribution is 0.0787. The van der Waals surface area contributed by atoms with Gasteiger partial charge in [0.05, 0.1) is 0 Å². The summed E-state index contributed by atoms with van der Waals surface area (Å²) in [6.45, 7) is 0.900. The Labute approximate surface area is 112 Å². The zero-order valence-corrected chi connectivity index (χ0v) is 11.1. The summed E-state index contributed by atoms with van der Waals surface area (Å²) >= 11 is 0. The van der Waals surface area contributed by atoms with Gasteiger partial charge in [-0.15, -0.1) is 0 Å². The number of hydrogen-bond acceptors (Lipinski definition) is 3. The van der Waals surface area contributed by atoms with Gasteiger partial charge < -0.3 is 14.4 Å². The van der Waals surface area contributed by atoms with E-state index in [1.54, 1.807) is 18.1 Å². The lowest BCUT2D eigenvalue weighted by Gasteiger charge is -2.15. The summed E-state index contributed by atoms with van der Waals surface area (Å²) in [7, 11) is 1.78. The fourth-order valence-corrected chi connectivity index (χ4v) is 1.97. The Morgan fingerprint density at radius 3 is 2.95 bits per heavy atom. The summed E-state index contributed by atoms with van der Waals surface area (Å²) in [6.07, 6.45) is 6.24. The number of unbranched alkanes of at least 4 members (excludes halogenated alkanes) is 2. The largest absolute Gasteiger partial charge is 0.396 e. The average molecular weight is 261 g/mol. The predicted octanol–water partition coefficient (Wildman–Crippen LogP) is 1.57. The maximum atomic E-state index is 12.2. The van der Waals surface area contributed by atoms with Crippen LogP contribution in [0.3, 0.4) is 0 Å². The molecule has 0 fully saturated rings. The minimum atomic E-state index is -0.0623. The summed E-state index contributed by atoms with van der Waals surface area (Å²) in [5.41, 5.74) is 1.25. The lowest BCUT2D eigenvalue weighted by atomic mass is 10.2. The molecule has 0 aliphatic heterocycles.